The Hall–Kier alpha value is -3.91. The molecular weight excluding hydrogens is 408 g/mol. The number of methoxy groups -OCH3 is 1. The fraction of sp³-hybridized carbons (Fsp3) is 0.208. The Morgan fingerprint density at radius 1 is 1.06 bits per heavy atom. The molecular formula is C24H24N4O4. The van der Waals surface area contributed by atoms with Crippen LogP contribution in [0.1, 0.15) is 18.5 Å². The topological polar surface area (TPSA) is 94.5 Å². The molecule has 2 aromatic carbocycles. The fourth-order valence-corrected chi connectivity index (χ4v) is 3.63. The molecule has 8 heteroatoms. The lowest BCUT2D eigenvalue weighted by molar-refractivity contribution is -0.140. The summed E-state index contributed by atoms with van der Waals surface area (Å²) >= 11 is 0. The first-order chi connectivity index (χ1) is 15.6. The minimum absolute atomic E-state index is 0.113. The number of allylic oxidation sites excluding steroid dienone is 1. The maximum absolute atomic E-state index is 12.9. The molecule has 0 radical (unpaired) electrons. The zero-order valence-electron chi connectivity index (χ0n) is 17.9. The second-order valence-corrected chi connectivity index (χ2v) is 7.28. The molecule has 0 fully saturated rings. The molecule has 1 aromatic heterocycles. The second kappa shape index (κ2) is 9.49. The Morgan fingerprint density at radius 2 is 1.75 bits per heavy atom. The van der Waals surface area contributed by atoms with E-state index in [9.17, 15) is 9.59 Å². The predicted molar refractivity (Wildman–Crippen MR) is 119 cm³/mol. The van der Waals surface area contributed by atoms with Crippen LogP contribution in [-0.4, -0.2) is 42.1 Å². The molecule has 0 bridgehead atoms. The van der Waals surface area contributed by atoms with Crippen LogP contribution in [0.2, 0.25) is 0 Å². The fourth-order valence-electron chi connectivity index (χ4n) is 3.63. The summed E-state index contributed by atoms with van der Waals surface area (Å²) in [6, 6.07) is 18.2. The van der Waals surface area contributed by atoms with E-state index in [2.05, 4.69) is 10.6 Å². The van der Waals surface area contributed by atoms with E-state index < -0.39 is 18.0 Å². The largest absolute Gasteiger partial charge is 0.460 e. The summed E-state index contributed by atoms with van der Waals surface area (Å²) in [6.45, 7) is 2.08. The molecule has 0 spiro atoms. The van der Waals surface area contributed by atoms with Crippen molar-refractivity contribution in [1.29, 1.82) is 0 Å². The van der Waals surface area contributed by atoms with Crippen LogP contribution in [0.15, 0.2) is 78.1 Å². The van der Waals surface area contributed by atoms with Gasteiger partial charge in [0.25, 0.3) is 0 Å². The summed E-state index contributed by atoms with van der Waals surface area (Å²) in [5.41, 5.74) is 3.85. The molecule has 0 saturated heterocycles. The number of carbonyl (C=O) groups excluding carboxylic acids is 2. The van der Waals surface area contributed by atoms with Crippen molar-refractivity contribution in [2.75, 3.05) is 20.3 Å². The van der Waals surface area contributed by atoms with Gasteiger partial charge in [-0.15, -0.1) is 0 Å². The Balaban J connectivity index is 1.82. The van der Waals surface area contributed by atoms with Crippen LogP contribution in [0.5, 0.6) is 0 Å². The average molecular weight is 432 g/mol. The minimum atomic E-state index is -0.730. The van der Waals surface area contributed by atoms with E-state index >= 15 is 0 Å². The number of ether oxygens (including phenoxy) is 2. The lowest BCUT2D eigenvalue weighted by Gasteiger charge is -2.27. The third-order valence-corrected chi connectivity index (χ3v) is 5.13. The highest BCUT2D eigenvalue weighted by Crippen LogP contribution is 2.34. The number of hydrogen-bond acceptors (Lipinski definition) is 5. The number of nitrogens with zero attached hydrogens (tertiary/aromatic N) is 2. The normalized spacial score (nSPS) is 15.8. The maximum Gasteiger partial charge on any atom is 0.338 e. The van der Waals surface area contributed by atoms with Crippen molar-refractivity contribution in [2.45, 2.75) is 13.0 Å². The molecule has 0 unspecified atom stereocenters. The van der Waals surface area contributed by atoms with Gasteiger partial charge in [0.1, 0.15) is 6.61 Å². The summed E-state index contributed by atoms with van der Waals surface area (Å²) < 4.78 is 12.1. The van der Waals surface area contributed by atoms with Crippen LogP contribution in [0.3, 0.4) is 0 Å². The summed E-state index contributed by atoms with van der Waals surface area (Å²) in [4.78, 5) is 25.3. The number of nitrogens with one attached hydrogen (secondary N) is 2. The zero-order valence-corrected chi connectivity index (χ0v) is 17.9. The zero-order chi connectivity index (χ0) is 22.5. The third kappa shape index (κ3) is 4.40. The molecule has 32 heavy (non-hydrogen) atoms. The van der Waals surface area contributed by atoms with Gasteiger partial charge in [0.2, 0.25) is 0 Å². The van der Waals surface area contributed by atoms with Crippen molar-refractivity contribution >= 4 is 12.0 Å². The number of para-hydroxylation sites is 1. The van der Waals surface area contributed by atoms with E-state index in [-0.39, 0.29) is 13.2 Å². The van der Waals surface area contributed by atoms with Crippen molar-refractivity contribution in [2.24, 2.45) is 0 Å². The molecule has 164 valence electrons. The van der Waals surface area contributed by atoms with Gasteiger partial charge in [0, 0.05) is 30.1 Å². The molecule has 1 aliphatic rings. The summed E-state index contributed by atoms with van der Waals surface area (Å²) in [6.07, 6.45) is 1.84. The Bertz CT molecular complexity index is 1140. The van der Waals surface area contributed by atoms with Crippen LogP contribution >= 0.6 is 0 Å². The molecule has 0 saturated carbocycles. The van der Waals surface area contributed by atoms with Crippen molar-refractivity contribution < 1.29 is 19.1 Å². The summed E-state index contributed by atoms with van der Waals surface area (Å²) in [5.74, 6) is -0.525. The van der Waals surface area contributed by atoms with Crippen LogP contribution in [0, 0.1) is 0 Å². The molecule has 1 aliphatic heterocycles. The summed E-state index contributed by atoms with van der Waals surface area (Å²) in [5, 5.41) is 10.3. The number of amides is 2. The van der Waals surface area contributed by atoms with E-state index in [1.807, 2.05) is 66.9 Å². The van der Waals surface area contributed by atoms with E-state index in [1.54, 1.807) is 11.6 Å². The number of carbonyl (C=O) groups is 2. The molecule has 1 atom stereocenters. The molecule has 0 aliphatic carbocycles. The number of esters is 1. The van der Waals surface area contributed by atoms with E-state index in [4.69, 9.17) is 14.6 Å². The first-order valence-corrected chi connectivity index (χ1v) is 10.2. The van der Waals surface area contributed by atoms with E-state index in [0.29, 0.717) is 22.5 Å². The monoisotopic (exact) mass is 432 g/mol. The highest BCUT2D eigenvalue weighted by molar-refractivity contribution is 5.95. The number of urea groups is 1. The Morgan fingerprint density at radius 3 is 2.44 bits per heavy atom. The van der Waals surface area contributed by atoms with Gasteiger partial charge >= 0.3 is 12.0 Å². The van der Waals surface area contributed by atoms with Crippen LogP contribution in [0.25, 0.3) is 16.9 Å². The van der Waals surface area contributed by atoms with Gasteiger partial charge in [-0.2, -0.15) is 5.10 Å². The standard InChI is InChI=1S/C24H24N4O4/c1-16-20(23(29)32-14-13-31-2)22(26-24(30)25-16)19-15-28(18-11-7-4-8-12-18)27-21(19)17-9-5-3-6-10-17/h3-12,15,22H,13-14H2,1-2H3,(H2,25,26,30)/t22-/m1/s1. The molecule has 3 aromatic rings. The van der Waals surface area contributed by atoms with Crippen molar-refractivity contribution in [3.63, 3.8) is 0 Å². The molecule has 8 nitrogen and oxygen atoms in total. The van der Waals surface area contributed by atoms with Gasteiger partial charge in [-0.1, -0.05) is 48.5 Å². The number of aromatic nitrogens is 2. The van der Waals surface area contributed by atoms with Gasteiger partial charge in [-0.05, 0) is 19.1 Å². The first kappa shape index (κ1) is 21.3. The molecule has 4 rings (SSSR count). The van der Waals surface area contributed by atoms with Gasteiger partial charge in [0.15, 0.2) is 0 Å². The number of hydrogen-bond donors (Lipinski definition) is 2. The van der Waals surface area contributed by atoms with Crippen molar-refractivity contribution in [3.05, 3.63) is 83.7 Å². The van der Waals surface area contributed by atoms with Gasteiger partial charge in [-0.25, -0.2) is 14.3 Å². The first-order valence-electron chi connectivity index (χ1n) is 10.2. The quantitative estimate of drug-likeness (QED) is 0.441. The number of rotatable bonds is 7. The van der Waals surface area contributed by atoms with Gasteiger partial charge < -0.3 is 20.1 Å². The Kier molecular flexibility index (Phi) is 6.32. The highest BCUT2D eigenvalue weighted by Gasteiger charge is 2.35. The van der Waals surface area contributed by atoms with Crippen molar-refractivity contribution in [3.8, 4) is 16.9 Å². The molecule has 2 amide bonds. The minimum Gasteiger partial charge on any atom is -0.460 e. The average Bonchev–Trinajstić information content (AvgIpc) is 3.25. The number of benzene rings is 2. The SMILES string of the molecule is COCCOC(=O)C1=C(C)NC(=O)N[C@@H]1c1cn(-c2ccccc2)nc1-c1ccccc1. The lowest BCUT2D eigenvalue weighted by atomic mass is 9.94. The maximum atomic E-state index is 12.9. The van der Waals surface area contributed by atoms with Crippen LogP contribution < -0.4 is 10.6 Å². The van der Waals surface area contributed by atoms with Gasteiger partial charge in [-0.3, -0.25) is 0 Å². The lowest BCUT2D eigenvalue weighted by Crippen LogP contribution is -2.45. The smallest absolute Gasteiger partial charge is 0.338 e. The van der Waals surface area contributed by atoms with Crippen LogP contribution in [0.4, 0.5) is 4.79 Å². The highest BCUT2D eigenvalue weighted by atomic mass is 16.6. The van der Waals surface area contributed by atoms with Crippen LogP contribution in [-0.2, 0) is 14.3 Å². The van der Waals surface area contributed by atoms with E-state index in [1.165, 1.54) is 7.11 Å². The third-order valence-electron chi connectivity index (χ3n) is 5.13. The second-order valence-electron chi connectivity index (χ2n) is 7.28. The van der Waals surface area contributed by atoms with E-state index in [0.717, 1.165) is 11.3 Å². The Labute approximate surface area is 185 Å². The van der Waals surface area contributed by atoms with Crippen molar-refractivity contribution in [1.82, 2.24) is 20.4 Å². The summed E-state index contributed by atoms with van der Waals surface area (Å²) in [7, 11) is 1.54. The van der Waals surface area contributed by atoms with Gasteiger partial charge in [0.05, 0.1) is 29.6 Å². The predicted octanol–water partition coefficient (Wildman–Crippen LogP) is 3.36. The molecule has 2 heterocycles. The molecule has 2 N–H and O–H groups in total.